The lowest BCUT2D eigenvalue weighted by molar-refractivity contribution is -0.151. The zero-order chi connectivity index (χ0) is 25.0. The van der Waals surface area contributed by atoms with Crippen LogP contribution in [0.5, 0.6) is 0 Å². The van der Waals surface area contributed by atoms with Crippen LogP contribution in [0.2, 0.25) is 0 Å². The molecule has 3 amide bonds. The summed E-state index contributed by atoms with van der Waals surface area (Å²) >= 11 is 0. The highest BCUT2D eigenvalue weighted by Crippen LogP contribution is 2.23. The molecule has 1 atom stereocenters. The minimum absolute atomic E-state index is 0.0118. The smallest absolute Gasteiger partial charge is 0.311 e. The molecule has 1 fully saturated rings. The predicted molar refractivity (Wildman–Crippen MR) is 128 cm³/mol. The predicted octanol–water partition coefficient (Wildman–Crippen LogP) is 3.28. The zero-order valence-electron chi connectivity index (χ0n) is 20.2. The molecule has 2 aromatic carbocycles. The number of hydrogen-bond donors (Lipinski definition) is 2. The van der Waals surface area contributed by atoms with Crippen molar-refractivity contribution in [2.24, 2.45) is 5.92 Å². The lowest BCUT2D eigenvalue weighted by Gasteiger charge is -2.20. The highest BCUT2D eigenvalue weighted by molar-refractivity contribution is 5.97. The quantitative estimate of drug-likeness (QED) is 0.637. The number of carbonyl (C=O) groups excluding carboxylic acids is 4. The summed E-state index contributed by atoms with van der Waals surface area (Å²) in [7, 11) is 0. The SMILES string of the molecule is Cc1ccc(C)c(NC(=O)COC(=O)[C@@H]2CC(=O)N(NC(=O)c3ccc(C(C)(C)C)cc3)C2)c1. The van der Waals surface area contributed by atoms with E-state index in [1.54, 1.807) is 12.1 Å². The molecule has 1 saturated heterocycles. The molecule has 180 valence electrons. The first-order valence-corrected chi connectivity index (χ1v) is 11.2. The Morgan fingerprint density at radius 2 is 1.74 bits per heavy atom. The molecule has 1 aliphatic heterocycles. The molecule has 0 aromatic heterocycles. The lowest BCUT2D eigenvalue weighted by Crippen LogP contribution is -2.43. The molecule has 8 heteroatoms. The molecule has 0 spiro atoms. The number of benzene rings is 2. The van der Waals surface area contributed by atoms with E-state index in [1.807, 2.05) is 44.2 Å². The summed E-state index contributed by atoms with van der Waals surface area (Å²) in [6, 6.07) is 12.8. The summed E-state index contributed by atoms with van der Waals surface area (Å²) in [6.45, 7) is 9.56. The zero-order valence-corrected chi connectivity index (χ0v) is 20.2. The van der Waals surface area contributed by atoms with Crippen LogP contribution in [-0.2, 0) is 24.5 Å². The number of anilines is 1. The van der Waals surface area contributed by atoms with Gasteiger partial charge in [-0.3, -0.25) is 29.6 Å². The number of nitrogens with one attached hydrogen (secondary N) is 2. The van der Waals surface area contributed by atoms with Gasteiger partial charge in [-0.1, -0.05) is 45.0 Å². The van der Waals surface area contributed by atoms with E-state index in [4.69, 9.17) is 4.74 Å². The van der Waals surface area contributed by atoms with Crippen molar-refractivity contribution in [1.29, 1.82) is 0 Å². The molecule has 2 aromatic rings. The average Bonchev–Trinajstić information content (AvgIpc) is 3.14. The molecular formula is C26H31N3O5. The van der Waals surface area contributed by atoms with Crippen molar-refractivity contribution in [2.75, 3.05) is 18.5 Å². The third-order valence-electron chi connectivity index (χ3n) is 5.72. The monoisotopic (exact) mass is 465 g/mol. The second-order valence-electron chi connectivity index (χ2n) is 9.65. The van der Waals surface area contributed by atoms with E-state index < -0.39 is 30.3 Å². The van der Waals surface area contributed by atoms with Crippen LogP contribution in [-0.4, -0.2) is 41.9 Å². The third-order valence-corrected chi connectivity index (χ3v) is 5.72. The fourth-order valence-corrected chi connectivity index (χ4v) is 3.59. The summed E-state index contributed by atoms with van der Waals surface area (Å²) in [5.41, 5.74) is 6.56. The van der Waals surface area contributed by atoms with Crippen LogP contribution >= 0.6 is 0 Å². The number of aryl methyl sites for hydroxylation is 2. The number of hydrogen-bond acceptors (Lipinski definition) is 5. The van der Waals surface area contributed by atoms with Crippen LogP contribution in [0.3, 0.4) is 0 Å². The van der Waals surface area contributed by atoms with E-state index in [0.717, 1.165) is 21.7 Å². The van der Waals surface area contributed by atoms with Gasteiger partial charge in [-0.2, -0.15) is 0 Å². The first kappa shape index (κ1) is 25.0. The van der Waals surface area contributed by atoms with Crippen molar-refractivity contribution < 1.29 is 23.9 Å². The molecular weight excluding hydrogens is 434 g/mol. The Hall–Kier alpha value is -3.68. The number of amides is 3. The maximum atomic E-state index is 12.5. The molecule has 1 aliphatic rings. The Morgan fingerprint density at radius 1 is 1.06 bits per heavy atom. The van der Waals surface area contributed by atoms with Crippen molar-refractivity contribution >= 4 is 29.4 Å². The van der Waals surface area contributed by atoms with E-state index in [0.29, 0.717) is 11.3 Å². The highest BCUT2D eigenvalue weighted by Gasteiger charge is 2.36. The fourth-order valence-electron chi connectivity index (χ4n) is 3.59. The van der Waals surface area contributed by atoms with Crippen LogP contribution in [0.4, 0.5) is 5.69 Å². The summed E-state index contributed by atoms with van der Waals surface area (Å²) < 4.78 is 5.12. The topological polar surface area (TPSA) is 105 Å². The van der Waals surface area contributed by atoms with E-state index in [-0.39, 0.29) is 24.3 Å². The number of carbonyl (C=O) groups is 4. The molecule has 0 saturated carbocycles. The van der Waals surface area contributed by atoms with Gasteiger partial charge in [-0.25, -0.2) is 0 Å². The van der Waals surface area contributed by atoms with Crippen molar-refractivity contribution in [3.05, 3.63) is 64.7 Å². The Labute approximate surface area is 199 Å². The Bertz CT molecular complexity index is 1100. The molecule has 1 heterocycles. The lowest BCUT2D eigenvalue weighted by atomic mass is 9.87. The molecule has 0 unspecified atom stereocenters. The maximum Gasteiger partial charge on any atom is 0.311 e. The van der Waals surface area contributed by atoms with Gasteiger partial charge in [0.15, 0.2) is 6.61 Å². The van der Waals surface area contributed by atoms with Gasteiger partial charge in [0.05, 0.1) is 12.5 Å². The number of ether oxygens (including phenoxy) is 1. The molecule has 0 aliphatic carbocycles. The van der Waals surface area contributed by atoms with Crippen molar-refractivity contribution in [3.8, 4) is 0 Å². The van der Waals surface area contributed by atoms with Gasteiger partial charge >= 0.3 is 5.97 Å². The third kappa shape index (κ3) is 6.21. The number of esters is 1. The van der Waals surface area contributed by atoms with Gasteiger partial charge in [0, 0.05) is 17.7 Å². The fraction of sp³-hybridized carbons (Fsp3) is 0.385. The van der Waals surface area contributed by atoms with Crippen LogP contribution in [0.1, 0.15) is 54.2 Å². The largest absolute Gasteiger partial charge is 0.455 e. The van der Waals surface area contributed by atoms with E-state index >= 15 is 0 Å². The maximum absolute atomic E-state index is 12.5. The van der Waals surface area contributed by atoms with Gasteiger partial charge in [-0.05, 0) is 54.2 Å². The molecule has 0 radical (unpaired) electrons. The molecule has 3 rings (SSSR count). The van der Waals surface area contributed by atoms with E-state index in [2.05, 4.69) is 31.5 Å². The first-order chi connectivity index (χ1) is 15.9. The Morgan fingerprint density at radius 3 is 2.38 bits per heavy atom. The Kier molecular flexibility index (Phi) is 7.39. The van der Waals surface area contributed by atoms with Crippen LogP contribution in [0.15, 0.2) is 42.5 Å². The normalized spacial score (nSPS) is 15.7. The summed E-state index contributed by atoms with van der Waals surface area (Å²) in [5, 5.41) is 3.85. The van der Waals surface area contributed by atoms with Crippen LogP contribution in [0, 0.1) is 19.8 Å². The number of nitrogens with zero attached hydrogens (tertiary/aromatic N) is 1. The van der Waals surface area contributed by atoms with Crippen molar-refractivity contribution in [2.45, 2.75) is 46.5 Å². The van der Waals surface area contributed by atoms with Gasteiger partial charge < -0.3 is 10.1 Å². The first-order valence-electron chi connectivity index (χ1n) is 11.2. The minimum Gasteiger partial charge on any atom is -0.455 e. The second-order valence-corrected chi connectivity index (χ2v) is 9.65. The average molecular weight is 466 g/mol. The summed E-state index contributed by atoms with van der Waals surface area (Å²) in [4.78, 5) is 49.5. The molecule has 0 bridgehead atoms. The van der Waals surface area contributed by atoms with Gasteiger partial charge in [-0.15, -0.1) is 0 Å². The molecule has 8 nitrogen and oxygen atoms in total. The minimum atomic E-state index is -0.760. The van der Waals surface area contributed by atoms with Gasteiger partial charge in [0.2, 0.25) is 5.91 Å². The molecule has 34 heavy (non-hydrogen) atoms. The van der Waals surface area contributed by atoms with Gasteiger partial charge in [0.25, 0.3) is 11.8 Å². The highest BCUT2D eigenvalue weighted by atomic mass is 16.5. The van der Waals surface area contributed by atoms with Crippen molar-refractivity contribution in [1.82, 2.24) is 10.4 Å². The molecule has 2 N–H and O–H groups in total. The van der Waals surface area contributed by atoms with Crippen LogP contribution < -0.4 is 10.7 Å². The van der Waals surface area contributed by atoms with E-state index in [9.17, 15) is 19.2 Å². The van der Waals surface area contributed by atoms with Gasteiger partial charge in [0.1, 0.15) is 0 Å². The Balaban J connectivity index is 1.50. The standard InChI is InChI=1S/C26H31N3O5/c1-16-6-7-17(2)21(12-16)27-22(30)15-34-25(33)19-13-23(31)29(14-19)28-24(32)18-8-10-20(11-9-18)26(3,4)5/h6-12,19H,13-15H2,1-5H3,(H,27,30)(H,28,32)/t19-/m1/s1. The number of hydrazine groups is 1. The summed E-state index contributed by atoms with van der Waals surface area (Å²) in [5.74, 6) is -2.70. The number of rotatable bonds is 6. The van der Waals surface area contributed by atoms with Crippen molar-refractivity contribution in [3.63, 3.8) is 0 Å². The second kappa shape index (κ2) is 10.1. The van der Waals surface area contributed by atoms with Crippen LogP contribution in [0.25, 0.3) is 0 Å². The summed E-state index contributed by atoms with van der Waals surface area (Å²) in [6.07, 6.45) is -0.0965. The van der Waals surface area contributed by atoms with E-state index in [1.165, 1.54) is 0 Å².